The predicted molar refractivity (Wildman–Crippen MR) is 210 cm³/mol. The van der Waals surface area contributed by atoms with Crippen LogP contribution in [0.2, 0.25) is 0 Å². The van der Waals surface area contributed by atoms with Crippen LogP contribution in [0.5, 0.6) is 0 Å². The van der Waals surface area contributed by atoms with Crippen LogP contribution in [0.1, 0.15) is 44.5 Å². The molecule has 0 bridgehead atoms. The lowest BCUT2D eigenvalue weighted by atomic mass is 9.64. The van der Waals surface area contributed by atoms with E-state index in [2.05, 4.69) is 129 Å². The molecule has 0 N–H and O–H groups in total. The van der Waals surface area contributed by atoms with Crippen LogP contribution in [0.25, 0.3) is 38.7 Å². The van der Waals surface area contributed by atoms with Crippen molar-refractivity contribution in [2.24, 2.45) is 0 Å². The molecule has 0 fully saturated rings. The standard InChI is InChI=1S/C48H33NO2/c1-28-24-29(2)45(30(3)25-28)49-42-21-9-8-20-40(42)48(38-18-6-4-14-33(38)34-15-5-7-19-39(34)48)41-27-31(22-23-43(41)49)26-37-46(50)35-16-10-12-32-13-11-17-36(44(32)35)47(37)51/h4-27H,1-3H3. The van der Waals surface area contributed by atoms with Crippen LogP contribution >= 0.6 is 0 Å². The third kappa shape index (κ3) is 3.89. The monoisotopic (exact) mass is 655 g/mol. The average molecular weight is 656 g/mol. The lowest BCUT2D eigenvalue weighted by molar-refractivity contribution is 0.752. The number of rotatable bonds is 2. The van der Waals surface area contributed by atoms with Crippen LogP contribution in [-0.4, -0.2) is 0 Å². The Balaban J connectivity index is 1.34. The van der Waals surface area contributed by atoms with Crippen LogP contribution in [0.4, 0.5) is 17.1 Å². The highest BCUT2D eigenvalue weighted by Crippen LogP contribution is 2.63. The molecule has 0 saturated heterocycles. The molecule has 10 rings (SSSR count). The minimum Gasteiger partial charge on any atom is -0.309 e. The van der Waals surface area contributed by atoms with Gasteiger partial charge in [-0.1, -0.05) is 127 Å². The number of anilines is 3. The highest BCUT2D eigenvalue weighted by atomic mass is 16.1. The second-order valence-corrected chi connectivity index (χ2v) is 14.1. The molecule has 1 aliphatic carbocycles. The number of fused-ring (bicyclic) bond motifs is 9. The molecule has 242 valence electrons. The van der Waals surface area contributed by atoms with E-state index in [1.165, 1.54) is 44.5 Å². The molecule has 8 aromatic rings. The zero-order chi connectivity index (χ0) is 34.6. The van der Waals surface area contributed by atoms with E-state index in [-0.39, 0.29) is 16.1 Å². The fourth-order valence-corrected chi connectivity index (χ4v) is 9.39. The summed E-state index contributed by atoms with van der Waals surface area (Å²) in [6.45, 7) is 6.54. The smallest absolute Gasteiger partial charge is 0.197 e. The molecular formula is C48H33NO2. The van der Waals surface area contributed by atoms with Crippen LogP contribution in [0, 0.1) is 20.8 Å². The first-order chi connectivity index (χ1) is 24.9. The lowest BCUT2D eigenvalue weighted by Gasteiger charge is -2.46. The number of aryl methyl sites for hydroxylation is 3. The van der Waals surface area contributed by atoms with Crippen LogP contribution in [0.3, 0.4) is 0 Å². The Labute approximate surface area is 295 Å². The molecule has 0 amide bonds. The van der Waals surface area contributed by atoms with Crippen LogP contribution in [-0.2, 0) is 5.41 Å². The molecule has 8 aromatic carbocycles. The Hall–Kier alpha value is -6.32. The fourth-order valence-electron chi connectivity index (χ4n) is 9.39. The predicted octanol–water partition coefficient (Wildman–Crippen LogP) is 9.77. The summed E-state index contributed by atoms with van der Waals surface area (Å²) in [5.74, 6) is 0. The van der Waals surface area contributed by atoms with Gasteiger partial charge in [0.1, 0.15) is 0 Å². The van der Waals surface area contributed by atoms with E-state index in [0.29, 0.717) is 10.8 Å². The molecule has 2 aliphatic rings. The Bertz CT molecular complexity index is 2820. The largest absolute Gasteiger partial charge is 0.309 e. The Kier molecular flexibility index (Phi) is 6.14. The van der Waals surface area contributed by atoms with E-state index in [9.17, 15) is 9.59 Å². The van der Waals surface area contributed by atoms with Crippen LogP contribution in [0.15, 0.2) is 149 Å². The van der Waals surface area contributed by atoms with Crippen molar-refractivity contribution in [1.29, 1.82) is 0 Å². The van der Waals surface area contributed by atoms with Gasteiger partial charge in [0.05, 0.1) is 27.7 Å². The molecule has 1 spiro atoms. The molecule has 0 radical (unpaired) electrons. The van der Waals surface area contributed by atoms with E-state index in [1.807, 2.05) is 42.5 Å². The normalized spacial score (nSPS) is 13.7. The Morgan fingerprint density at radius 3 is 1.71 bits per heavy atom. The summed E-state index contributed by atoms with van der Waals surface area (Å²) in [7, 11) is 0. The first-order valence-corrected chi connectivity index (χ1v) is 17.5. The topological polar surface area (TPSA) is 37.4 Å². The number of para-hydroxylation sites is 1. The maximum Gasteiger partial charge on any atom is 0.197 e. The van der Waals surface area contributed by atoms with Crippen molar-refractivity contribution in [3.8, 4) is 11.1 Å². The maximum atomic E-state index is 14.1. The first-order valence-electron chi connectivity index (χ1n) is 17.5. The molecule has 0 unspecified atom stereocenters. The van der Waals surface area contributed by atoms with E-state index in [0.717, 1.165) is 39.0 Å². The summed E-state index contributed by atoms with van der Waals surface area (Å²) >= 11 is 0. The zero-order valence-electron chi connectivity index (χ0n) is 28.6. The zero-order valence-corrected chi connectivity index (χ0v) is 28.6. The van der Waals surface area contributed by atoms with Gasteiger partial charge in [-0.3, -0.25) is 9.59 Å². The third-order valence-electron chi connectivity index (χ3n) is 11.2. The van der Waals surface area contributed by atoms with Crippen molar-refractivity contribution in [3.63, 3.8) is 0 Å². The van der Waals surface area contributed by atoms with Gasteiger partial charge in [0.2, 0.25) is 0 Å². The second kappa shape index (κ2) is 10.6. The molecule has 1 heterocycles. The lowest BCUT2D eigenvalue weighted by Crippen LogP contribution is -2.39. The van der Waals surface area contributed by atoms with E-state index in [4.69, 9.17) is 0 Å². The van der Waals surface area contributed by atoms with Crippen molar-refractivity contribution in [1.82, 2.24) is 0 Å². The summed E-state index contributed by atoms with van der Waals surface area (Å²) in [5.41, 5.74) is 14.0. The van der Waals surface area contributed by atoms with Gasteiger partial charge in [-0.15, -0.1) is 0 Å². The molecule has 3 nitrogen and oxygen atoms in total. The molecule has 0 aromatic heterocycles. The first kappa shape index (κ1) is 29.6. The van der Waals surface area contributed by atoms with Crippen molar-refractivity contribution in [2.75, 3.05) is 4.90 Å². The van der Waals surface area contributed by atoms with Crippen molar-refractivity contribution >= 4 is 44.7 Å². The molecule has 0 saturated carbocycles. The average Bonchev–Trinajstić information content (AvgIpc) is 3.44. The Morgan fingerprint density at radius 2 is 1.08 bits per heavy atom. The molecular weight excluding hydrogens is 623 g/mol. The summed E-state index contributed by atoms with van der Waals surface area (Å²) in [4.78, 5) is 30.6. The van der Waals surface area contributed by atoms with E-state index < -0.39 is 5.41 Å². The number of hydrogen-bond donors (Lipinski definition) is 0. The molecule has 3 heteroatoms. The Morgan fingerprint density at radius 1 is 0.529 bits per heavy atom. The molecule has 1 aliphatic heterocycles. The van der Waals surface area contributed by atoms with Gasteiger partial charge < -0.3 is 4.90 Å². The molecule has 0 atom stereocenters. The number of hydrogen-bond acceptors (Lipinski definition) is 3. The fraction of sp³-hybridized carbons (Fsp3) is 0.0833. The maximum absolute atomic E-state index is 14.1. The highest BCUT2D eigenvalue weighted by molar-refractivity contribution is 6.10. The van der Waals surface area contributed by atoms with Crippen molar-refractivity contribution < 1.29 is 0 Å². The summed E-state index contributed by atoms with van der Waals surface area (Å²) in [5, 5.41) is 2.99. The van der Waals surface area contributed by atoms with E-state index >= 15 is 0 Å². The minimum atomic E-state index is -0.630. The molecule has 51 heavy (non-hydrogen) atoms. The van der Waals surface area contributed by atoms with Gasteiger partial charge in [-0.25, -0.2) is 0 Å². The quantitative estimate of drug-likeness (QED) is 0.186. The van der Waals surface area contributed by atoms with Crippen molar-refractivity contribution in [3.05, 3.63) is 210 Å². The number of nitrogens with zero attached hydrogens (tertiary/aromatic N) is 1. The van der Waals surface area contributed by atoms with Gasteiger partial charge in [0, 0.05) is 16.2 Å². The van der Waals surface area contributed by atoms with E-state index in [1.54, 1.807) is 0 Å². The number of benzene rings is 8. The second-order valence-electron chi connectivity index (χ2n) is 14.1. The van der Waals surface area contributed by atoms with Gasteiger partial charge in [0.25, 0.3) is 0 Å². The van der Waals surface area contributed by atoms with Gasteiger partial charge >= 0.3 is 0 Å². The third-order valence-corrected chi connectivity index (χ3v) is 11.2. The summed E-state index contributed by atoms with van der Waals surface area (Å²) in [6.07, 6.45) is 1.81. The minimum absolute atomic E-state index is 0.195. The van der Waals surface area contributed by atoms with Gasteiger partial charge in [-0.2, -0.15) is 0 Å². The van der Waals surface area contributed by atoms with Gasteiger partial charge in [-0.05, 0) is 101 Å². The van der Waals surface area contributed by atoms with Gasteiger partial charge in [0.15, 0.2) is 10.9 Å². The summed E-state index contributed by atoms with van der Waals surface area (Å²) in [6, 6.07) is 48.7. The van der Waals surface area contributed by atoms with Crippen molar-refractivity contribution in [2.45, 2.75) is 26.2 Å². The summed E-state index contributed by atoms with van der Waals surface area (Å²) < 4.78 is 0. The van der Waals surface area contributed by atoms with Crippen LogP contribution < -0.4 is 21.0 Å². The SMILES string of the molecule is Cc1cc(C)c(N2c3ccccc3C3(c4ccccc4-c4ccccc43)c3cc(C=c4c(=O)c5cccc6cccc(c4=O)c65)ccc32)c(C)c1. The highest BCUT2D eigenvalue weighted by Gasteiger charge is 2.51.